The van der Waals surface area contributed by atoms with Crippen LogP contribution < -0.4 is 0 Å². The van der Waals surface area contributed by atoms with E-state index in [1.54, 1.807) is 24.3 Å². The fourth-order valence-corrected chi connectivity index (χ4v) is 3.13. The van der Waals surface area contributed by atoms with Crippen LogP contribution in [0.15, 0.2) is 28.7 Å². The number of carbonyl (C=O) groups is 1. The van der Waals surface area contributed by atoms with Gasteiger partial charge in [0.15, 0.2) is 0 Å². The minimum Gasteiger partial charge on any atom is -0.288 e. The second-order valence-corrected chi connectivity index (χ2v) is 6.47. The Balaban J connectivity index is 2.47. The Morgan fingerprint density at radius 1 is 1.29 bits per heavy atom. The maximum Gasteiger partial charge on any atom is 0.204 e. The molecule has 5 heteroatoms. The van der Waals surface area contributed by atoms with E-state index >= 15 is 0 Å². The lowest BCUT2D eigenvalue weighted by molar-refractivity contribution is 0.104. The number of halogens is 3. The van der Waals surface area contributed by atoms with E-state index in [2.05, 4.69) is 15.9 Å². The topological polar surface area (TPSA) is 17.1 Å². The average Bonchev–Trinajstić information content (AvgIpc) is 2.62. The molecule has 0 atom stereocenters. The smallest absolute Gasteiger partial charge is 0.204 e. The van der Waals surface area contributed by atoms with Crippen molar-refractivity contribution < 1.29 is 4.79 Å². The molecule has 0 radical (unpaired) electrons. The molecule has 1 aromatic heterocycles. The molecule has 0 unspecified atom stereocenters. The van der Waals surface area contributed by atoms with Crippen LogP contribution in [0.3, 0.4) is 0 Å². The number of hydrogen-bond donors (Lipinski definition) is 0. The van der Waals surface area contributed by atoms with Gasteiger partial charge in [-0.15, -0.1) is 11.3 Å². The highest BCUT2D eigenvalue weighted by Gasteiger charge is 2.16. The molecule has 17 heavy (non-hydrogen) atoms. The number of aryl methyl sites for hydroxylation is 1. The van der Waals surface area contributed by atoms with E-state index in [9.17, 15) is 4.79 Å². The van der Waals surface area contributed by atoms with Crippen molar-refractivity contribution >= 4 is 56.3 Å². The molecule has 0 amide bonds. The molecular formula is C12H7BrCl2OS. The molecule has 0 aliphatic heterocycles. The van der Waals surface area contributed by atoms with Gasteiger partial charge < -0.3 is 0 Å². The Kier molecular flexibility index (Phi) is 3.93. The normalized spacial score (nSPS) is 10.6. The molecule has 0 bridgehead atoms. The molecule has 2 rings (SSSR count). The summed E-state index contributed by atoms with van der Waals surface area (Å²) in [6.45, 7) is 1.88. The van der Waals surface area contributed by atoms with Crippen LogP contribution in [0.4, 0.5) is 0 Å². The van der Waals surface area contributed by atoms with Crippen LogP contribution >= 0.6 is 50.5 Å². The number of carbonyl (C=O) groups excluding carboxylic acids is 1. The summed E-state index contributed by atoms with van der Waals surface area (Å²) in [7, 11) is 0. The van der Waals surface area contributed by atoms with Gasteiger partial charge in [0.1, 0.15) is 0 Å². The number of thiophene rings is 1. The Hall–Kier alpha value is -0.350. The van der Waals surface area contributed by atoms with E-state index < -0.39 is 0 Å². The van der Waals surface area contributed by atoms with Crippen molar-refractivity contribution in [3.63, 3.8) is 0 Å². The van der Waals surface area contributed by atoms with Crippen molar-refractivity contribution in [3.05, 3.63) is 54.1 Å². The molecule has 1 nitrogen and oxygen atoms in total. The third-order valence-electron chi connectivity index (χ3n) is 2.25. The molecule has 0 aliphatic carbocycles. The van der Waals surface area contributed by atoms with E-state index in [1.165, 1.54) is 11.3 Å². The molecule has 0 spiro atoms. The van der Waals surface area contributed by atoms with E-state index in [4.69, 9.17) is 23.2 Å². The van der Waals surface area contributed by atoms with Gasteiger partial charge in [-0.3, -0.25) is 4.79 Å². The van der Waals surface area contributed by atoms with Crippen molar-refractivity contribution in [2.24, 2.45) is 0 Å². The number of hydrogen-bond acceptors (Lipinski definition) is 2. The Morgan fingerprint density at radius 2 is 2.00 bits per heavy atom. The van der Waals surface area contributed by atoms with Gasteiger partial charge in [0.05, 0.1) is 9.21 Å². The van der Waals surface area contributed by atoms with Gasteiger partial charge in [-0.25, -0.2) is 0 Å². The van der Waals surface area contributed by atoms with Gasteiger partial charge in [0.25, 0.3) is 0 Å². The van der Waals surface area contributed by atoms with Gasteiger partial charge in [-0.1, -0.05) is 39.1 Å². The fraction of sp³-hybridized carbons (Fsp3) is 0.0833. The highest BCUT2D eigenvalue weighted by molar-refractivity contribution is 9.10. The number of rotatable bonds is 2. The lowest BCUT2D eigenvalue weighted by Gasteiger charge is -2.02. The van der Waals surface area contributed by atoms with Crippen molar-refractivity contribution in [3.8, 4) is 0 Å². The van der Waals surface area contributed by atoms with Crippen LogP contribution in [0, 0.1) is 6.92 Å². The zero-order chi connectivity index (χ0) is 12.6. The molecule has 0 saturated heterocycles. The molecule has 88 valence electrons. The molecule has 2 aromatic rings. The summed E-state index contributed by atoms with van der Waals surface area (Å²) in [6.07, 6.45) is 0. The summed E-state index contributed by atoms with van der Waals surface area (Å²) in [5.74, 6) is -0.0700. The first-order valence-corrected chi connectivity index (χ1v) is 7.11. The summed E-state index contributed by atoms with van der Waals surface area (Å²) in [6, 6.07) is 6.94. The van der Waals surface area contributed by atoms with E-state index in [0.717, 1.165) is 10.0 Å². The van der Waals surface area contributed by atoms with Gasteiger partial charge in [-0.2, -0.15) is 0 Å². The average molecular weight is 350 g/mol. The summed E-state index contributed by atoms with van der Waals surface area (Å²) >= 11 is 16.5. The Bertz CT molecular complexity index is 573. The minimum absolute atomic E-state index is 0.0700. The monoisotopic (exact) mass is 348 g/mol. The standard InChI is InChI=1S/C12H7BrCl2OS/c1-6-4-10(17-12(6)15)11(16)8-5-7(14)2-3-9(8)13/h2-5H,1H3. The number of ketones is 1. The molecule has 0 N–H and O–H groups in total. The highest BCUT2D eigenvalue weighted by atomic mass is 79.9. The molecule has 0 fully saturated rings. The second kappa shape index (κ2) is 5.11. The Morgan fingerprint density at radius 3 is 2.59 bits per heavy atom. The van der Waals surface area contributed by atoms with E-state index in [1.807, 2.05) is 6.92 Å². The van der Waals surface area contributed by atoms with Crippen LogP contribution in [0.2, 0.25) is 9.36 Å². The fourth-order valence-electron chi connectivity index (χ4n) is 1.38. The predicted molar refractivity (Wildman–Crippen MR) is 76.7 cm³/mol. The quantitative estimate of drug-likeness (QED) is 0.667. The van der Waals surface area contributed by atoms with Gasteiger partial charge in [0.2, 0.25) is 5.78 Å². The van der Waals surface area contributed by atoms with Crippen molar-refractivity contribution in [1.29, 1.82) is 0 Å². The third kappa shape index (κ3) is 2.74. The number of benzene rings is 1. The summed E-state index contributed by atoms with van der Waals surface area (Å²) in [4.78, 5) is 12.9. The first kappa shape index (κ1) is 13.1. The van der Waals surface area contributed by atoms with Crippen molar-refractivity contribution in [1.82, 2.24) is 0 Å². The molecule has 0 aliphatic rings. The first-order valence-electron chi connectivity index (χ1n) is 4.74. The third-order valence-corrected chi connectivity index (χ3v) is 4.73. The van der Waals surface area contributed by atoms with Gasteiger partial charge >= 0.3 is 0 Å². The highest BCUT2D eigenvalue weighted by Crippen LogP contribution is 2.31. The zero-order valence-corrected chi connectivity index (χ0v) is 12.7. The van der Waals surface area contributed by atoms with Crippen LogP contribution in [0.5, 0.6) is 0 Å². The van der Waals surface area contributed by atoms with Crippen LogP contribution in [-0.4, -0.2) is 5.78 Å². The van der Waals surface area contributed by atoms with Gasteiger partial charge in [0, 0.05) is 15.1 Å². The maximum atomic E-state index is 12.2. The van der Waals surface area contributed by atoms with Crippen molar-refractivity contribution in [2.45, 2.75) is 6.92 Å². The Labute approximate surface area is 121 Å². The van der Waals surface area contributed by atoms with Gasteiger partial charge in [-0.05, 0) is 36.8 Å². The lowest BCUT2D eigenvalue weighted by atomic mass is 10.1. The van der Waals surface area contributed by atoms with Crippen LogP contribution in [0.25, 0.3) is 0 Å². The summed E-state index contributed by atoms with van der Waals surface area (Å²) in [5.41, 5.74) is 1.47. The second-order valence-electron chi connectivity index (χ2n) is 3.52. The first-order chi connectivity index (χ1) is 7.99. The minimum atomic E-state index is -0.0700. The molecule has 0 saturated carbocycles. The largest absolute Gasteiger partial charge is 0.288 e. The lowest BCUT2D eigenvalue weighted by Crippen LogP contribution is -1.99. The maximum absolute atomic E-state index is 12.2. The predicted octanol–water partition coefficient (Wildman–Crippen LogP) is 5.36. The molecular weight excluding hydrogens is 343 g/mol. The molecule has 1 heterocycles. The van der Waals surface area contributed by atoms with E-state index in [0.29, 0.717) is 19.8 Å². The molecule has 1 aromatic carbocycles. The SMILES string of the molecule is Cc1cc(C(=O)c2cc(Cl)ccc2Br)sc1Cl. The van der Waals surface area contributed by atoms with Crippen LogP contribution in [0.1, 0.15) is 20.8 Å². The zero-order valence-electron chi connectivity index (χ0n) is 8.76. The van der Waals surface area contributed by atoms with E-state index in [-0.39, 0.29) is 5.78 Å². The summed E-state index contributed by atoms with van der Waals surface area (Å²) in [5, 5.41) is 0.538. The van der Waals surface area contributed by atoms with Crippen LogP contribution in [-0.2, 0) is 0 Å². The summed E-state index contributed by atoms with van der Waals surface area (Å²) < 4.78 is 1.38. The van der Waals surface area contributed by atoms with Crippen molar-refractivity contribution in [2.75, 3.05) is 0 Å².